The number of rotatable bonds is 5. The smallest absolute Gasteiger partial charge is 0.0628 e. The zero-order chi connectivity index (χ0) is 22.6. The van der Waals surface area contributed by atoms with Crippen molar-refractivity contribution in [3.05, 3.63) is 34.9 Å². The molecule has 4 rings (SSSR count). The van der Waals surface area contributed by atoms with Crippen molar-refractivity contribution in [2.45, 2.75) is 99.0 Å². The highest BCUT2D eigenvalue weighted by Crippen LogP contribution is 2.67. The van der Waals surface area contributed by atoms with Crippen LogP contribution in [0.4, 0.5) is 0 Å². The molecule has 3 saturated carbocycles. The molecular weight excluding hydrogens is 380 g/mol. The maximum atomic E-state index is 10.7. The van der Waals surface area contributed by atoms with E-state index in [1.165, 1.54) is 36.8 Å². The molecule has 2 nitrogen and oxygen atoms in total. The Balaban J connectivity index is 1.62. The lowest BCUT2D eigenvalue weighted by Gasteiger charge is -2.58. The molecule has 0 saturated heterocycles. The van der Waals surface area contributed by atoms with Crippen molar-refractivity contribution in [3.8, 4) is 0 Å². The van der Waals surface area contributed by atoms with E-state index in [0.717, 1.165) is 25.7 Å². The van der Waals surface area contributed by atoms with Gasteiger partial charge in [0.15, 0.2) is 0 Å². The van der Waals surface area contributed by atoms with Gasteiger partial charge in [-0.15, -0.1) is 0 Å². The number of aliphatic hydroxyl groups is 2. The summed E-state index contributed by atoms with van der Waals surface area (Å²) in [6.45, 7) is 14.2. The Kier molecular flexibility index (Phi) is 6.14. The Labute approximate surface area is 190 Å². The third-order valence-corrected chi connectivity index (χ3v) is 10.4. The summed E-state index contributed by atoms with van der Waals surface area (Å²) in [5.41, 5.74) is 4.98. The van der Waals surface area contributed by atoms with E-state index in [1.807, 2.05) is 0 Å². The predicted molar refractivity (Wildman–Crippen MR) is 130 cm³/mol. The minimum atomic E-state index is -0.224. The third kappa shape index (κ3) is 3.61. The molecule has 2 unspecified atom stereocenters. The van der Waals surface area contributed by atoms with E-state index in [0.29, 0.717) is 35.7 Å². The molecule has 2 N–H and O–H groups in total. The molecule has 0 aromatic heterocycles. The molecule has 0 spiro atoms. The Morgan fingerprint density at radius 1 is 1.03 bits per heavy atom. The molecule has 0 bridgehead atoms. The number of aliphatic hydroxyl groups excluding tert-OH is 2. The van der Waals surface area contributed by atoms with Crippen molar-refractivity contribution in [1.82, 2.24) is 0 Å². The molecule has 2 heteroatoms. The first-order valence-corrected chi connectivity index (χ1v) is 12.9. The van der Waals surface area contributed by atoms with Gasteiger partial charge in [0.2, 0.25) is 0 Å². The van der Waals surface area contributed by atoms with Crippen molar-refractivity contribution < 1.29 is 10.2 Å². The normalized spacial score (nSPS) is 41.9. The second kappa shape index (κ2) is 8.17. The van der Waals surface area contributed by atoms with Gasteiger partial charge in [-0.3, -0.25) is 0 Å². The van der Waals surface area contributed by atoms with Crippen LogP contribution in [0.2, 0.25) is 0 Å². The fourth-order valence-corrected chi connectivity index (χ4v) is 8.53. The van der Waals surface area contributed by atoms with E-state index >= 15 is 0 Å². The van der Waals surface area contributed by atoms with Crippen LogP contribution in [0.15, 0.2) is 34.9 Å². The van der Waals surface area contributed by atoms with Gasteiger partial charge in [0.05, 0.1) is 6.10 Å². The summed E-state index contributed by atoms with van der Waals surface area (Å²) in [6, 6.07) is 0. The van der Waals surface area contributed by atoms with Crippen molar-refractivity contribution in [1.29, 1.82) is 0 Å². The Morgan fingerprint density at radius 2 is 1.77 bits per heavy atom. The number of hydrogen-bond donors (Lipinski definition) is 2. The Bertz CT molecular complexity index is 783. The summed E-state index contributed by atoms with van der Waals surface area (Å²) >= 11 is 0. The molecular formula is C29H46O2. The van der Waals surface area contributed by atoms with Crippen LogP contribution >= 0.6 is 0 Å². The lowest BCUT2D eigenvalue weighted by molar-refractivity contribution is -0.0198. The lowest BCUT2D eigenvalue weighted by atomic mass is 9.46. The van der Waals surface area contributed by atoms with Crippen LogP contribution in [0.5, 0.6) is 0 Å². The molecule has 0 aromatic rings. The van der Waals surface area contributed by atoms with Gasteiger partial charge < -0.3 is 10.2 Å². The number of allylic oxidation sites excluding steroid dienone is 5. The molecule has 31 heavy (non-hydrogen) atoms. The van der Waals surface area contributed by atoms with Gasteiger partial charge in [-0.1, -0.05) is 62.6 Å². The molecule has 3 fully saturated rings. The first kappa shape index (κ1) is 23.3. The first-order chi connectivity index (χ1) is 14.6. The second-order valence-electron chi connectivity index (χ2n) is 12.6. The van der Waals surface area contributed by atoms with E-state index in [9.17, 15) is 10.2 Å². The maximum Gasteiger partial charge on any atom is 0.0628 e. The topological polar surface area (TPSA) is 40.5 Å². The highest BCUT2D eigenvalue weighted by atomic mass is 16.3. The van der Waals surface area contributed by atoms with Gasteiger partial charge in [0.1, 0.15) is 0 Å². The summed E-state index contributed by atoms with van der Waals surface area (Å²) in [5.74, 6) is 2.36. The van der Waals surface area contributed by atoms with Crippen molar-refractivity contribution in [2.24, 2.45) is 39.9 Å². The molecule has 0 aromatic carbocycles. The van der Waals surface area contributed by atoms with Crippen LogP contribution in [-0.2, 0) is 0 Å². The fourth-order valence-electron chi connectivity index (χ4n) is 8.53. The van der Waals surface area contributed by atoms with Crippen LogP contribution in [0.1, 0.15) is 92.9 Å². The minimum Gasteiger partial charge on any atom is -0.396 e. The Morgan fingerprint density at radius 3 is 2.45 bits per heavy atom. The molecule has 0 heterocycles. The summed E-state index contributed by atoms with van der Waals surface area (Å²) in [6.07, 6.45) is 16.3. The SMILES string of the molecule is CC(C)=CCC[C@@H](CO)[C@H]1CCC2C3=CC=C4C(C)(C)[C@@H](O)CC[C@]4(C)C3CC[C@@]21C. The zero-order valence-electron chi connectivity index (χ0n) is 20.9. The monoisotopic (exact) mass is 426 g/mol. The van der Waals surface area contributed by atoms with E-state index in [4.69, 9.17) is 0 Å². The number of hydrogen-bond acceptors (Lipinski definition) is 2. The summed E-state index contributed by atoms with van der Waals surface area (Å²) in [7, 11) is 0. The fraction of sp³-hybridized carbons (Fsp3) is 0.793. The minimum absolute atomic E-state index is 0.124. The zero-order valence-corrected chi connectivity index (χ0v) is 20.9. The molecule has 7 atom stereocenters. The molecule has 0 aliphatic heterocycles. The van der Waals surface area contributed by atoms with Crippen molar-refractivity contribution in [2.75, 3.05) is 6.61 Å². The Hall–Kier alpha value is -0.860. The van der Waals surface area contributed by atoms with Crippen LogP contribution in [-0.4, -0.2) is 22.9 Å². The first-order valence-electron chi connectivity index (χ1n) is 12.9. The average molecular weight is 427 g/mol. The van der Waals surface area contributed by atoms with Gasteiger partial charge in [0, 0.05) is 12.0 Å². The molecule has 4 aliphatic carbocycles. The molecule has 4 aliphatic rings. The molecule has 174 valence electrons. The quantitative estimate of drug-likeness (QED) is 0.473. The highest BCUT2D eigenvalue weighted by molar-refractivity contribution is 5.41. The van der Waals surface area contributed by atoms with Crippen LogP contribution in [0, 0.1) is 39.9 Å². The van der Waals surface area contributed by atoms with E-state index in [2.05, 4.69) is 59.8 Å². The summed E-state index contributed by atoms with van der Waals surface area (Å²) in [5, 5.41) is 21.0. The predicted octanol–water partition coefficient (Wildman–Crippen LogP) is 6.84. The second-order valence-corrected chi connectivity index (χ2v) is 12.6. The number of fused-ring (bicyclic) bond motifs is 5. The van der Waals surface area contributed by atoms with E-state index in [-0.39, 0.29) is 16.9 Å². The standard InChI is InChI=1S/C29H46O2/c1-19(2)8-7-9-20(18-30)22-11-12-23-21-10-13-25-27(3,4)26(31)15-17-29(25,6)24(21)14-16-28(22,23)5/h8,10,13,20,22-24,26,30-31H,7,9,11-12,14-18H2,1-6H3/t20-,22+,23?,24?,26-,28+,29+/m0/s1. The van der Waals surface area contributed by atoms with Crippen molar-refractivity contribution in [3.63, 3.8) is 0 Å². The van der Waals surface area contributed by atoms with Gasteiger partial charge >= 0.3 is 0 Å². The third-order valence-electron chi connectivity index (χ3n) is 10.4. The van der Waals surface area contributed by atoms with Gasteiger partial charge in [-0.25, -0.2) is 0 Å². The summed E-state index contributed by atoms with van der Waals surface area (Å²) < 4.78 is 0. The average Bonchev–Trinajstić information content (AvgIpc) is 3.05. The highest BCUT2D eigenvalue weighted by Gasteiger charge is 2.59. The molecule has 0 amide bonds. The largest absolute Gasteiger partial charge is 0.396 e. The van der Waals surface area contributed by atoms with Crippen molar-refractivity contribution >= 4 is 0 Å². The van der Waals surface area contributed by atoms with E-state index < -0.39 is 0 Å². The lowest BCUT2D eigenvalue weighted by Crippen LogP contribution is -2.51. The van der Waals surface area contributed by atoms with Crippen LogP contribution in [0.25, 0.3) is 0 Å². The van der Waals surface area contributed by atoms with Gasteiger partial charge in [-0.2, -0.15) is 0 Å². The summed E-state index contributed by atoms with van der Waals surface area (Å²) in [4.78, 5) is 0. The van der Waals surface area contributed by atoms with Gasteiger partial charge in [0.25, 0.3) is 0 Å². The maximum absolute atomic E-state index is 10.7. The molecule has 0 radical (unpaired) electrons. The van der Waals surface area contributed by atoms with Gasteiger partial charge in [-0.05, 0) is 99.7 Å². The van der Waals surface area contributed by atoms with Crippen LogP contribution < -0.4 is 0 Å². The van der Waals surface area contributed by atoms with E-state index in [1.54, 1.807) is 5.57 Å². The van der Waals surface area contributed by atoms with Crippen LogP contribution in [0.3, 0.4) is 0 Å².